The van der Waals surface area contributed by atoms with Gasteiger partial charge in [0, 0.05) is 59.3 Å². The quantitative estimate of drug-likeness (QED) is 0.241. The number of H-pyrrole nitrogens is 1. The van der Waals surface area contributed by atoms with E-state index in [-0.39, 0.29) is 5.82 Å². The third kappa shape index (κ3) is 5.94. The molecule has 208 valence electrons. The third-order valence-corrected chi connectivity index (χ3v) is 8.68. The molecule has 0 spiro atoms. The van der Waals surface area contributed by atoms with Gasteiger partial charge in [-0.1, -0.05) is 23.7 Å². The Kier molecular flexibility index (Phi) is 8.18. The number of ether oxygens (including phenoxy) is 2. The topological polar surface area (TPSA) is 57.8 Å². The molecule has 0 bridgehead atoms. The first kappa shape index (κ1) is 27.0. The van der Waals surface area contributed by atoms with Gasteiger partial charge in [-0.2, -0.15) is 11.8 Å². The van der Waals surface area contributed by atoms with E-state index in [1.54, 1.807) is 4.90 Å². The number of nitrogens with zero attached hydrogens (tertiary/aromatic N) is 2. The molecule has 1 unspecified atom stereocenters. The van der Waals surface area contributed by atoms with Crippen molar-refractivity contribution in [1.29, 1.82) is 0 Å². The molecule has 6 rings (SSSR count). The molecule has 4 aromatic rings. The lowest BCUT2D eigenvalue weighted by atomic mass is 9.92. The molecular formula is C31H31ClFN3O3S. The number of amides is 1. The molecule has 9 heteroatoms. The number of benzene rings is 3. The lowest BCUT2D eigenvalue weighted by Crippen LogP contribution is -2.42. The highest BCUT2D eigenvalue weighted by Crippen LogP contribution is 2.40. The van der Waals surface area contributed by atoms with Crippen molar-refractivity contribution in [3.8, 4) is 11.5 Å². The summed E-state index contributed by atoms with van der Waals surface area (Å²) in [6.45, 7) is 4.40. The van der Waals surface area contributed by atoms with Crippen LogP contribution in [0.25, 0.3) is 10.9 Å². The van der Waals surface area contributed by atoms with Gasteiger partial charge in [-0.25, -0.2) is 9.18 Å². The molecule has 0 saturated carbocycles. The van der Waals surface area contributed by atoms with E-state index in [4.69, 9.17) is 21.1 Å². The summed E-state index contributed by atoms with van der Waals surface area (Å²) in [4.78, 5) is 21.3. The first-order chi connectivity index (χ1) is 19.5. The zero-order valence-electron chi connectivity index (χ0n) is 22.1. The van der Waals surface area contributed by atoms with Crippen molar-refractivity contribution < 1.29 is 18.7 Å². The van der Waals surface area contributed by atoms with Gasteiger partial charge in [0.05, 0.1) is 6.61 Å². The Bertz CT molecular complexity index is 1490. The van der Waals surface area contributed by atoms with E-state index >= 15 is 0 Å². The minimum atomic E-state index is -0.495. The summed E-state index contributed by atoms with van der Waals surface area (Å²) in [6.07, 6.45) is 1.11. The van der Waals surface area contributed by atoms with Crippen LogP contribution in [0, 0.1) is 5.82 Å². The predicted molar refractivity (Wildman–Crippen MR) is 158 cm³/mol. The molecule has 3 aromatic carbocycles. The number of hydrogen-bond donors (Lipinski definition) is 1. The van der Waals surface area contributed by atoms with E-state index in [0.717, 1.165) is 59.5 Å². The Morgan fingerprint density at radius 2 is 1.85 bits per heavy atom. The number of carbonyl (C=O) groups excluding carboxylic acids is 1. The van der Waals surface area contributed by atoms with Crippen LogP contribution >= 0.6 is 23.4 Å². The van der Waals surface area contributed by atoms with Crippen LogP contribution in [0.4, 0.5) is 9.18 Å². The van der Waals surface area contributed by atoms with Crippen molar-refractivity contribution >= 4 is 40.4 Å². The molecule has 1 fully saturated rings. The van der Waals surface area contributed by atoms with E-state index < -0.39 is 12.1 Å². The second-order valence-electron chi connectivity index (χ2n) is 10.1. The van der Waals surface area contributed by atoms with Crippen LogP contribution in [0.5, 0.6) is 11.5 Å². The lowest BCUT2D eigenvalue weighted by Gasteiger charge is -2.35. The molecule has 3 heterocycles. The summed E-state index contributed by atoms with van der Waals surface area (Å²) in [7, 11) is 0. The highest BCUT2D eigenvalue weighted by Gasteiger charge is 2.36. The summed E-state index contributed by atoms with van der Waals surface area (Å²) in [5, 5.41) is 1.73. The van der Waals surface area contributed by atoms with Gasteiger partial charge < -0.3 is 19.4 Å². The smallest absolute Gasteiger partial charge is 0.416 e. The fraction of sp³-hybridized carbons (Fsp3) is 0.323. The van der Waals surface area contributed by atoms with E-state index in [9.17, 15) is 9.18 Å². The van der Waals surface area contributed by atoms with Crippen molar-refractivity contribution in [3.63, 3.8) is 0 Å². The third-order valence-electron chi connectivity index (χ3n) is 7.51. The monoisotopic (exact) mass is 579 g/mol. The van der Waals surface area contributed by atoms with Gasteiger partial charge in [0.1, 0.15) is 23.4 Å². The summed E-state index contributed by atoms with van der Waals surface area (Å²) < 4.78 is 25.3. The van der Waals surface area contributed by atoms with Crippen molar-refractivity contribution in [2.75, 3.05) is 44.3 Å². The number of halogens is 2. The molecule has 1 atom stereocenters. The van der Waals surface area contributed by atoms with Crippen LogP contribution in [0.3, 0.4) is 0 Å². The number of aromatic nitrogens is 1. The SMILES string of the molecule is O=C(Oc1ccc(F)cc1)N1CCc2c([nH]c3ccc(Cl)cc23)C1c1cccc(OCCCN2CCSCC2)c1. The van der Waals surface area contributed by atoms with E-state index in [2.05, 4.69) is 9.88 Å². The number of hydrogen-bond acceptors (Lipinski definition) is 5. The Labute approximate surface area is 242 Å². The van der Waals surface area contributed by atoms with Crippen LogP contribution < -0.4 is 9.47 Å². The molecule has 40 heavy (non-hydrogen) atoms. The molecule has 1 amide bonds. The summed E-state index contributed by atoms with van der Waals surface area (Å²) in [5.41, 5.74) is 3.95. The van der Waals surface area contributed by atoms with Crippen molar-refractivity contribution in [3.05, 3.63) is 94.4 Å². The molecule has 1 N–H and O–H groups in total. The average molecular weight is 580 g/mol. The summed E-state index contributed by atoms with van der Waals surface area (Å²) >= 11 is 8.35. The average Bonchev–Trinajstić information content (AvgIpc) is 3.34. The zero-order chi connectivity index (χ0) is 27.5. The zero-order valence-corrected chi connectivity index (χ0v) is 23.6. The Morgan fingerprint density at radius 1 is 1.02 bits per heavy atom. The van der Waals surface area contributed by atoms with E-state index in [1.165, 1.54) is 35.8 Å². The Balaban J connectivity index is 1.26. The number of nitrogens with one attached hydrogen (secondary N) is 1. The normalized spacial score (nSPS) is 17.6. The number of fused-ring (bicyclic) bond motifs is 3. The standard InChI is InChI=1S/C31H31ClFN3O3S/c32-22-5-10-28-27(20-22)26-11-13-36(31(37)39-24-8-6-23(33)7-9-24)30(29(26)34-28)21-3-1-4-25(19-21)38-16-2-12-35-14-17-40-18-15-35/h1,3-10,19-20,30,34H,2,11-18H2. The molecule has 0 aliphatic carbocycles. The summed E-state index contributed by atoms with van der Waals surface area (Å²) in [5.74, 6) is 3.08. The van der Waals surface area contributed by atoms with Gasteiger partial charge in [-0.15, -0.1) is 0 Å². The number of aromatic amines is 1. The number of carbonyl (C=O) groups is 1. The van der Waals surface area contributed by atoms with Gasteiger partial charge in [0.15, 0.2) is 0 Å². The molecule has 2 aliphatic heterocycles. The second kappa shape index (κ2) is 12.1. The number of thioether (sulfide) groups is 1. The summed E-state index contributed by atoms with van der Waals surface area (Å²) in [6, 6.07) is 18.8. The maximum atomic E-state index is 13.5. The molecule has 1 saturated heterocycles. The fourth-order valence-electron chi connectivity index (χ4n) is 5.54. The Morgan fingerprint density at radius 3 is 2.67 bits per heavy atom. The Hall–Kier alpha value is -3.20. The van der Waals surface area contributed by atoms with Crippen LogP contribution in [-0.4, -0.2) is 65.2 Å². The van der Waals surface area contributed by atoms with Crippen molar-refractivity contribution in [2.45, 2.75) is 18.9 Å². The van der Waals surface area contributed by atoms with Crippen LogP contribution in [0.1, 0.15) is 29.3 Å². The van der Waals surface area contributed by atoms with Gasteiger partial charge >= 0.3 is 6.09 Å². The lowest BCUT2D eigenvalue weighted by molar-refractivity contribution is 0.135. The van der Waals surface area contributed by atoms with E-state index in [0.29, 0.717) is 30.3 Å². The molecule has 0 radical (unpaired) electrons. The second-order valence-corrected chi connectivity index (χ2v) is 11.8. The largest absolute Gasteiger partial charge is 0.494 e. The van der Waals surface area contributed by atoms with Crippen LogP contribution in [0.15, 0.2) is 66.7 Å². The fourth-order valence-corrected chi connectivity index (χ4v) is 6.69. The van der Waals surface area contributed by atoms with Gasteiger partial charge in [0.25, 0.3) is 0 Å². The maximum Gasteiger partial charge on any atom is 0.416 e. The molecule has 6 nitrogen and oxygen atoms in total. The highest BCUT2D eigenvalue weighted by molar-refractivity contribution is 7.99. The first-order valence-corrected chi connectivity index (χ1v) is 15.2. The van der Waals surface area contributed by atoms with Gasteiger partial charge in [-0.3, -0.25) is 4.90 Å². The number of rotatable bonds is 7. The van der Waals surface area contributed by atoms with Gasteiger partial charge in [-0.05, 0) is 78.6 Å². The van der Waals surface area contributed by atoms with Crippen molar-refractivity contribution in [1.82, 2.24) is 14.8 Å². The maximum absolute atomic E-state index is 13.5. The highest BCUT2D eigenvalue weighted by atomic mass is 35.5. The molecule has 1 aromatic heterocycles. The van der Waals surface area contributed by atoms with Crippen molar-refractivity contribution in [2.24, 2.45) is 0 Å². The first-order valence-electron chi connectivity index (χ1n) is 13.6. The minimum absolute atomic E-state index is 0.295. The predicted octanol–water partition coefficient (Wildman–Crippen LogP) is 6.92. The van der Waals surface area contributed by atoms with Crippen LogP contribution in [0.2, 0.25) is 5.02 Å². The van der Waals surface area contributed by atoms with Gasteiger partial charge in [0.2, 0.25) is 0 Å². The molecule has 2 aliphatic rings. The molecular weight excluding hydrogens is 549 g/mol. The minimum Gasteiger partial charge on any atom is -0.494 e. The van der Waals surface area contributed by atoms with Crippen LogP contribution in [-0.2, 0) is 6.42 Å². The van der Waals surface area contributed by atoms with E-state index in [1.807, 2.05) is 54.2 Å².